The van der Waals surface area contributed by atoms with Gasteiger partial charge in [-0.1, -0.05) is 60.7 Å². The lowest BCUT2D eigenvalue weighted by atomic mass is 10.1. The molecule has 1 atom stereocenters. The molecular formula is C23H21N3OS. The Morgan fingerprint density at radius 3 is 2.32 bits per heavy atom. The average Bonchev–Trinajstić information content (AvgIpc) is 3.07. The molecular weight excluding hydrogens is 366 g/mol. The predicted molar refractivity (Wildman–Crippen MR) is 114 cm³/mol. The molecule has 4 aromatic rings. The lowest BCUT2D eigenvalue weighted by Crippen LogP contribution is -2.28. The van der Waals surface area contributed by atoms with Crippen molar-refractivity contribution in [3.8, 4) is 0 Å². The minimum Gasteiger partial charge on any atom is -0.348 e. The summed E-state index contributed by atoms with van der Waals surface area (Å²) in [5, 5.41) is 2.76. The highest BCUT2D eigenvalue weighted by atomic mass is 32.2. The van der Waals surface area contributed by atoms with Crippen molar-refractivity contribution in [1.29, 1.82) is 0 Å². The van der Waals surface area contributed by atoms with Crippen molar-refractivity contribution >= 4 is 28.7 Å². The molecule has 0 aliphatic rings. The van der Waals surface area contributed by atoms with Gasteiger partial charge >= 0.3 is 0 Å². The molecule has 0 saturated heterocycles. The van der Waals surface area contributed by atoms with E-state index in [0.717, 1.165) is 27.3 Å². The Kier molecular flexibility index (Phi) is 5.44. The normalized spacial score (nSPS) is 12.0. The first-order valence-corrected chi connectivity index (χ1v) is 10.0. The van der Waals surface area contributed by atoms with Gasteiger partial charge in [-0.2, -0.15) is 0 Å². The Labute approximate surface area is 168 Å². The standard InChI is InChI=1S/C23H21N3OS/c1-26-20-15-9-8-14-19(20)25-21(26)16-24-23(27)22(17-10-4-2-5-11-17)28-18-12-6-3-7-13-18/h2-15,22H,16H2,1H3,(H,24,27). The highest BCUT2D eigenvalue weighted by Crippen LogP contribution is 2.35. The fourth-order valence-corrected chi connectivity index (χ4v) is 4.22. The van der Waals surface area contributed by atoms with Crippen LogP contribution in [0.4, 0.5) is 0 Å². The summed E-state index contributed by atoms with van der Waals surface area (Å²) in [5.41, 5.74) is 2.98. The van der Waals surface area contributed by atoms with Crippen LogP contribution in [0.15, 0.2) is 89.8 Å². The SMILES string of the molecule is Cn1c(CNC(=O)C(Sc2ccccc2)c2ccccc2)nc2ccccc21. The van der Waals surface area contributed by atoms with Crippen LogP contribution in [0.25, 0.3) is 11.0 Å². The average molecular weight is 388 g/mol. The lowest BCUT2D eigenvalue weighted by molar-refractivity contribution is -0.120. The number of rotatable bonds is 6. The third-order valence-corrected chi connectivity index (χ3v) is 5.90. The Balaban J connectivity index is 1.54. The summed E-state index contributed by atoms with van der Waals surface area (Å²) >= 11 is 1.56. The molecule has 1 aromatic heterocycles. The van der Waals surface area contributed by atoms with Gasteiger partial charge < -0.3 is 9.88 Å². The highest BCUT2D eigenvalue weighted by Gasteiger charge is 2.22. The number of aryl methyl sites for hydroxylation is 1. The van der Waals surface area contributed by atoms with E-state index < -0.39 is 0 Å². The van der Waals surface area contributed by atoms with Gasteiger partial charge in [0.2, 0.25) is 5.91 Å². The molecule has 1 unspecified atom stereocenters. The third-order valence-electron chi connectivity index (χ3n) is 4.64. The van der Waals surface area contributed by atoms with Crippen LogP contribution < -0.4 is 5.32 Å². The second kappa shape index (κ2) is 8.31. The van der Waals surface area contributed by atoms with E-state index >= 15 is 0 Å². The summed E-state index contributed by atoms with van der Waals surface area (Å²) in [6, 6.07) is 27.9. The number of carbonyl (C=O) groups excluding carboxylic acids is 1. The quantitative estimate of drug-likeness (QED) is 0.487. The number of nitrogens with zero attached hydrogens (tertiary/aromatic N) is 2. The highest BCUT2D eigenvalue weighted by molar-refractivity contribution is 8.00. The first-order chi connectivity index (χ1) is 13.7. The van der Waals surface area contributed by atoms with Crippen molar-refractivity contribution < 1.29 is 4.79 Å². The number of fused-ring (bicyclic) bond motifs is 1. The molecule has 0 fully saturated rings. The second-order valence-corrected chi connectivity index (χ2v) is 7.69. The van der Waals surface area contributed by atoms with Gasteiger partial charge in [0.1, 0.15) is 11.1 Å². The van der Waals surface area contributed by atoms with E-state index in [2.05, 4.69) is 10.3 Å². The van der Waals surface area contributed by atoms with Gasteiger partial charge in [-0.05, 0) is 29.8 Å². The molecule has 4 rings (SSSR count). The fourth-order valence-electron chi connectivity index (χ4n) is 3.15. The van der Waals surface area contributed by atoms with Gasteiger partial charge in [-0.3, -0.25) is 4.79 Å². The number of thioether (sulfide) groups is 1. The van der Waals surface area contributed by atoms with Crippen LogP contribution in [0.3, 0.4) is 0 Å². The van der Waals surface area contributed by atoms with Gasteiger partial charge in [0.25, 0.3) is 0 Å². The predicted octanol–water partition coefficient (Wildman–Crippen LogP) is 4.72. The Bertz CT molecular complexity index is 1080. The molecule has 0 spiro atoms. The Morgan fingerprint density at radius 1 is 0.964 bits per heavy atom. The molecule has 1 N–H and O–H groups in total. The minimum atomic E-state index is -0.321. The molecule has 0 bridgehead atoms. The van der Waals surface area contributed by atoms with E-state index in [1.165, 1.54) is 0 Å². The van der Waals surface area contributed by atoms with Crippen LogP contribution in [-0.2, 0) is 18.4 Å². The number of hydrogen-bond acceptors (Lipinski definition) is 3. The number of aromatic nitrogens is 2. The molecule has 0 aliphatic carbocycles. The second-order valence-electron chi connectivity index (χ2n) is 6.52. The summed E-state index contributed by atoms with van der Waals surface area (Å²) in [6.45, 7) is 0.392. The molecule has 4 nitrogen and oxygen atoms in total. The Hall–Kier alpha value is -3.05. The topological polar surface area (TPSA) is 46.9 Å². The molecule has 3 aromatic carbocycles. The van der Waals surface area contributed by atoms with Crippen LogP contribution in [0.2, 0.25) is 0 Å². The molecule has 140 valence electrons. The van der Waals surface area contributed by atoms with Gasteiger partial charge in [-0.25, -0.2) is 4.98 Å². The lowest BCUT2D eigenvalue weighted by Gasteiger charge is -2.17. The van der Waals surface area contributed by atoms with E-state index in [-0.39, 0.29) is 11.2 Å². The van der Waals surface area contributed by atoms with Crippen molar-refractivity contribution in [2.45, 2.75) is 16.7 Å². The number of benzene rings is 3. The number of imidazole rings is 1. The van der Waals surface area contributed by atoms with Crippen molar-refractivity contribution in [3.05, 3.63) is 96.3 Å². The smallest absolute Gasteiger partial charge is 0.238 e. The summed E-state index contributed by atoms with van der Waals surface area (Å²) in [5.74, 6) is 0.818. The number of para-hydroxylation sites is 2. The molecule has 28 heavy (non-hydrogen) atoms. The van der Waals surface area contributed by atoms with Crippen LogP contribution in [-0.4, -0.2) is 15.5 Å². The molecule has 0 saturated carbocycles. The zero-order chi connectivity index (χ0) is 19.3. The van der Waals surface area contributed by atoms with E-state index in [4.69, 9.17) is 0 Å². The van der Waals surface area contributed by atoms with Crippen molar-refractivity contribution in [2.24, 2.45) is 7.05 Å². The number of hydrogen-bond donors (Lipinski definition) is 1. The zero-order valence-electron chi connectivity index (χ0n) is 15.6. The summed E-state index contributed by atoms with van der Waals surface area (Å²) in [6.07, 6.45) is 0. The monoisotopic (exact) mass is 387 g/mol. The number of nitrogens with one attached hydrogen (secondary N) is 1. The largest absolute Gasteiger partial charge is 0.348 e. The molecule has 0 radical (unpaired) electrons. The van der Waals surface area contributed by atoms with Gasteiger partial charge in [0.15, 0.2) is 0 Å². The third kappa shape index (κ3) is 3.94. The molecule has 5 heteroatoms. The van der Waals surface area contributed by atoms with Crippen molar-refractivity contribution in [1.82, 2.24) is 14.9 Å². The maximum atomic E-state index is 13.1. The molecule has 0 aliphatic heterocycles. The fraction of sp³-hybridized carbons (Fsp3) is 0.130. The maximum Gasteiger partial charge on any atom is 0.238 e. The van der Waals surface area contributed by atoms with Crippen LogP contribution in [0.5, 0.6) is 0 Å². The van der Waals surface area contributed by atoms with Crippen LogP contribution >= 0.6 is 11.8 Å². The maximum absolute atomic E-state index is 13.1. The number of amides is 1. The summed E-state index contributed by atoms with van der Waals surface area (Å²) in [4.78, 5) is 18.8. The van der Waals surface area contributed by atoms with E-state index in [1.807, 2.05) is 96.5 Å². The van der Waals surface area contributed by atoms with Gasteiger partial charge in [-0.15, -0.1) is 11.8 Å². The van der Waals surface area contributed by atoms with Crippen molar-refractivity contribution in [2.75, 3.05) is 0 Å². The van der Waals surface area contributed by atoms with Crippen molar-refractivity contribution in [3.63, 3.8) is 0 Å². The Morgan fingerprint density at radius 2 is 1.61 bits per heavy atom. The minimum absolute atomic E-state index is 0.0212. The van der Waals surface area contributed by atoms with Crippen LogP contribution in [0.1, 0.15) is 16.6 Å². The molecule has 1 amide bonds. The van der Waals surface area contributed by atoms with Gasteiger partial charge in [0, 0.05) is 11.9 Å². The summed E-state index contributed by atoms with van der Waals surface area (Å²) in [7, 11) is 1.98. The van der Waals surface area contributed by atoms with Gasteiger partial charge in [0.05, 0.1) is 17.6 Å². The van der Waals surface area contributed by atoms with Crippen LogP contribution in [0, 0.1) is 0 Å². The zero-order valence-corrected chi connectivity index (χ0v) is 16.4. The van der Waals surface area contributed by atoms with E-state index in [1.54, 1.807) is 11.8 Å². The molecule has 1 heterocycles. The van der Waals surface area contributed by atoms with E-state index in [9.17, 15) is 4.79 Å². The summed E-state index contributed by atoms with van der Waals surface area (Å²) < 4.78 is 2.03. The first-order valence-electron chi connectivity index (χ1n) is 9.17. The number of carbonyl (C=O) groups is 1. The first kappa shape index (κ1) is 18.3. The van der Waals surface area contributed by atoms with E-state index in [0.29, 0.717) is 6.54 Å².